The van der Waals surface area contributed by atoms with E-state index in [-0.39, 0.29) is 5.91 Å². The van der Waals surface area contributed by atoms with E-state index < -0.39 is 12.0 Å². The molecule has 0 bridgehead atoms. The maximum Gasteiger partial charge on any atom is 0.326 e. The number of aliphatic carboxylic acids is 1. The summed E-state index contributed by atoms with van der Waals surface area (Å²) in [5.41, 5.74) is 6.37. The minimum atomic E-state index is -0.966. The lowest BCUT2D eigenvalue weighted by molar-refractivity contribution is -0.144. The summed E-state index contributed by atoms with van der Waals surface area (Å²) in [4.78, 5) is 25.2. The summed E-state index contributed by atoms with van der Waals surface area (Å²) in [7, 11) is 0. The first-order chi connectivity index (χ1) is 9.40. The lowest BCUT2D eigenvalue weighted by Crippen LogP contribution is -2.49. The van der Waals surface area contributed by atoms with Gasteiger partial charge < -0.3 is 15.7 Å². The predicted octanol–water partition coefficient (Wildman–Crippen LogP) is 2.25. The summed E-state index contributed by atoms with van der Waals surface area (Å²) < 4.78 is 0. The Hall–Kier alpha value is -1.75. The van der Waals surface area contributed by atoms with Crippen LogP contribution in [-0.2, 0) is 4.79 Å². The van der Waals surface area contributed by atoms with Gasteiger partial charge in [0.15, 0.2) is 0 Å². The van der Waals surface area contributed by atoms with Crippen LogP contribution in [0.25, 0.3) is 0 Å². The van der Waals surface area contributed by atoms with Crippen molar-refractivity contribution >= 4 is 29.2 Å². The number of halogens is 1. The van der Waals surface area contributed by atoms with E-state index >= 15 is 0 Å². The molecule has 6 heteroatoms. The molecule has 2 rings (SSSR count). The molecule has 1 amide bonds. The lowest BCUT2D eigenvalue weighted by Gasteiger charge is -2.36. The second-order valence-corrected chi connectivity index (χ2v) is 5.63. The molecule has 0 aliphatic carbocycles. The largest absolute Gasteiger partial charge is 0.480 e. The van der Waals surface area contributed by atoms with Crippen LogP contribution in [0.2, 0.25) is 5.02 Å². The van der Waals surface area contributed by atoms with E-state index in [9.17, 15) is 14.7 Å². The number of carboxylic acids is 1. The van der Waals surface area contributed by atoms with Gasteiger partial charge in [0.2, 0.25) is 0 Å². The second kappa shape index (κ2) is 5.71. The highest BCUT2D eigenvalue weighted by atomic mass is 35.5. The summed E-state index contributed by atoms with van der Waals surface area (Å²) in [5, 5.41) is 9.58. The highest BCUT2D eigenvalue weighted by Crippen LogP contribution is 2.26. The Morgan fingerprint density at radius 1 is 1.45 bits per heavy atom. The van der Waals surface area contributed by atoms with Crippen molar-refractivity contribution in [2.45, 2.75) is 25.8 Å². The Morgan fingerprint density at radius 3 is 2.75 bits per heavy atom. The monoisotopic (exact) mass is 296 g/mol. The van der Waals surface area contributed by atoms with Crippen molar-refractivity contribution in [3.05, 3.63) is 28.8 Å². The van der Waals surface area contributed by atoms with Crippen molar-refractivity contribution in [1.82, 2.24) is 4.90 Å². The van der Waals surface area contributed by atoms with Crippen molar-refractivity contribution < 1.29 is 14.7 Å². The molecule has 0 aromatic heterocycles. The zero-order valence-corrected chi connectivity index (χ0v) is 11.9. The number of benzene rings is 1. The van der Waals surface area contributed by atoms with Gasteiger partial charge in [0, 0.05) is 12.1 Å². The van der Waals surface area contributed by atoms with Gasteiger partial charge in [-0.25, -0.2) is 4.79 Å². The van der Waals surface area contributed by atoms with Gasteiger partial charge >= 0.3 is 5.97 Å². The highest BCUT2D eigenvalue weighted by Gasteiger charge is 2.35. The first-order valence-electron chi connectivity index (χ1n) is 6.49. The minimum Gasteiger partial charge on any atom is -0.480 e. The number of nitrogens with two attached hydrogens (primary N) is 1. The van der Waals surface area contributed by atoms with Crippen LogP contribution in [0.4, 0.5) is 5.69 Å². The normalized spacial score (nSPS) is 22.6. The van der Waals surface area contributed by atoms with Gasteiger partial charge in [0.05, 0.1) is 10.7 Å². The first-order valence-corrected chi connectivity index (χ1v) is 6.86. The number of amides is 1. The Balaban J connectivity index is 2.26. The topological polar surface area (TPSA) is 83.6 Å². The number of hydrogen-bond donors (Lipinski definition) is 2. The number of carbonyl (C=O) groups excluding carboxylic acids is 1. The molecule has 1 aromatic rings. The number of carbonyl (C=O) groups is 2. The minimum absolute atomic E-state index is 0.299. The van der Waals surface area contributed by atoms with Crippen LogP contribution in [0.15, 0.2) is 18.2 Å². The summed E-state index contributed by atoms with van der Waals surface area (Å²) in [5.74, 6) is -0.979. The fourth-order valence-corrected chi connectivity index (χ4v) is 2.63. The van der Waals surface area contributed by atoms with Crippen LogP contribution < -0.4 is 5.73 Å². The quantitative estimate of drug-likeness (QED) is 0.820. The summed E-state index contributed by atoms with van der Waals surface area (Å²) in [6.07, 6.45) is 1.28. The molecule has 1 aliphatic rings. The highest BCUT2D eigenvalue weighted by molar-refractivity contribution is 6.33. The molecular weight excluding hydrogens is 280 g/mol. The van der Waals surface area contributed by atoms with Gasteiger partial charge in [-0.15, -0.1) is 0 Å². The molecule has 2 unspecified atom stereocenters. The Morgan fingerprint density at radius 2 is 2.15 bits per heavy atom. The van der Waals surface area contributed by atoms with Crippen LogP contribution in [0, 0.1) is 5.92 Å². The van der Waals surface area contributed by atoms with E-state index in [1.54, 1.807) is 12.1 Å². The van der Waals surface area contributed by atoms with Crippen molar-refractivity contribution in [1.29, 1.82) is 0 Å². The lowest BCUT2D eigenvalue weighted by atomic mass is 9.92. The number of anilines is 1. The van der Waals surface area contributed by atoms with Crippen LogP contribution >= 0.6 is 11.6 Å². The van der Waals surface area contributed by atoms with Gasteiger partial charge in [-0.1, -0.05) is 18.5 Å². The Bertz CT molecular complexity index is 547. The molecule has 1 aromatic carbocycles. The average Bonchev–Trinajstić information content (AvgIpc) is 2.41. The summed E-state index contributed by atoms with van der Waals surface area (Å²) in [6.45, 7) is 2.44. The third-order valence-corrected chi connectivity index (χ3v) is 3.99. The second-order valence-electron chi connectivity index (χ2n) is 5.22. The van der Waals surface area contributed by atoms with Crippen molar-refractivity contribution in [3.63, 3.8) is 0 Å². The van der Waals surface area contributed by atoms with E-state index in [4.69, 9.17) is 17.3 Å². The van der Waals surface area contributed by atoms with Crippen LogP contribution in [0.5, 0.6) is 0 Å². The third kappa shape index (κ3) is 2.88. The molecular formula is C14H17ClN2O3. The SMILES string of the molecule is CC1CCN(C(=O)c2ccc(N)c(Cl)c2)C(C(=O)O)C1. The molecule has 1 heterocycles. The zero-order valence-electron chi connectivity index (χ0n) is 11.2. The van der Waals surface area contributed by atoms with E-state index in [0.717, 1.165) is 6.42 Å². The predicted molar refractivity (Wildman–Crippen MR) is 76.7 cm³/mol. The molecule has 0 spiro atoms. The Kier molecular flexibility index (Phi) is 4.18. The smallest absolute Gasteiger partial charge is 0.326 e. The zero-order chi connectivity index (χ0) is 14.9. The molecule has 20 heavy (non-hydrogen) atoms. The standard InChI is InChI=1S/C14H17ClN2O3/c1-8-4-5-17(12(6-8)14(19)20)13(18)9-2-3-11(16)10(15)7-9/h2-3,7-8,12H,4-6,16H2,1H3,(H,19,20). The average molecular weight is 297 g/mol. The van der Waals surface area contributed by atoms with E-state index in [2.05, 4.69) is 0 Å². The van der Waals surface area contributed by atoms with Gasteiger partial charge in [0.25, 0.3) is 5.91 Å². The molecule has 1 saturated heterocycles. The number of piperidine rings is 1. The van der Waals surface area contributed by atoms with Crippen LogP contribution in [0.1, 0.15) is 30.1 Å². The number of nitrogen functional groups attached to an aromatic ring is 1. The maximum atomic E-state index is 12.4. The number of likely N-dealkylation sites (tertiary alicyclic amines) is 1. The number of hydrogen-bond acceptors (Lipinski definition) is 3. The molecule has 3 N–H and O–H groups in total. The third-order valence-electron chi connectivity index (χ3n) is 3.66. The van der Waals surface area contributed by atoms with Gasteiger partial charge in [0.1, 0.15) is 6.04 Å². The molecule has 0 saturated carbocycles. The van der Waals surface area contributed by atoms with Gasteiger partial charge in [-0.3, -0.25) is 4.79 Å². The molecule has 0 radical (unpaired) electrons. The molecule has 2 atom stereocenters. The maximum absolute atomic E-state index is 12.4. The molecule has 108 valence electrons. The van der Waals surface area contributed by atoms with Crippen molar-refractivity contribution in [2.75, 3.05) is 12.3 Å². The van der Waals surface area contributed by atoms with E-state index in [1.165, 1.54) is 11.0 Å². The van der Waals surface area contributed by atoms with Crippen LogP contribution in [0.3, 0.4) is 0 Å². The van der Waals surface area contributed by atoms with Gasteiger partial charge in [-0.2, -0.15) is 0 Å². The van der Waals surface area contributed by atoms with Crippen LogP contribution in [-0.4, -0.2) is 34.5 Å². The number of nitrogens with zero attached hydrogens (tertiary/aromatic N) is 1. The summed E-state index contributed by atoms with van der Waals surface area (Å²) >= 11 is 5.91. The summed E-state index contributed by atoms with van der Waals surface area (Å²) in [6, 6.07) is 3.83. The van der Waals surface area contributed by atoms with Crippen molar-refractivity contribution in [3.8, 4) is 0 Å². The van der Waals surface area contributed by atoms with Crippen molar-refractivity contribution in [2.24, 2.45) is 5.92 Å². The van der Waals surface area contributed by atoms with E-state index in [1.807, 2.05) is 6.92 Å². The van der Waals surface area contributed by atoms with Gasteiger partial charge in [-0.05, 0) is 37.0 Å². The molecule has 5 nitrogen and oxygen atoms in total. The molecule has 1 aliphatic heterocycles. The first kappa shape index (κ1) is 14.7. The number of rotatable bonds is 2. The van der Waals surface area contributed by atoms with E-state index in [0.29, 0.717) is 35.2 Å². The fourth-order valence-electron chi connectivity index (χ4n) is 2.44. The fraction of sp³-hybridized carbons (Fsp3) is 0.429. The molecule has 1 fully saturated rings. The Labute approximate surface area is 122 Å². The number of carboxylic acid groups (broad SMARTS) is 1.